The SMILES string of the molecule is Cc1cc(C)c(Cn2oc(=O)c(C)c2C(=O)O)c(C)c1. The second-order valence-corrected chi connectivity index (χ2v) is 5.07. The summed E-state index contributed by atoms with van der Waals surface area (Å²) in [5, 5.41) is 9.20. The molecule has 0 amide bonds. The van der Waals surface area contributed by atoms with E-state index in [1.165, 1.54) is 6.92 Å². The molecular weight excluding hydrogens is 258 g/mol. The number of carbonyl (C=O) groups is 1. The minimum atomic E-state index is -1.16. The highest BCUT2D eigenvalue weighted by Gasteiger charge is 2.20. The number of nitrogens with zero attached hydrogens (tertiary/aromatic N) is 1. The molecular formula is C15H17NO4. The lowest BCUT2D eigenvalue weighted by Crippen LogP contribution is -2.11. The van der Waals surface area contributed by atoms with E-state index in [-0.39, 0.29) is 17.8 Å². The Morgan fingerprint density at radius 1 is 1.20 bits per heavy atom. The number of carboxylic acids is 1. The Morgan fingerprint density at radius 3 is 2.25 bits per heavy atom. The van der Waals surface area contributed by atoms with Crippen molar-refractivity contribution >= 4 is 5.97 Å². The summed E-state index contributed by atoms with van der Waals surface area (Å²) >= 11 is 0. The van der Waals surface area contributed by atoms with Gasteiger partial charge in [-0.05, 0) is 44.4 Å². The monoisotopic (exact) mass is 275 g/mol. The highest BCUT2D eigenvalue weighted by Crippen LogP contribution is 2.19. The van der Waals surface area contributed by atoms with Crippen LogP contribution in [0.2, 0.25) is 0 Å². The maximum absolute atomic E-state index is 11.5. The molecule has 20 heavy (non-hydrogen) atoms. The molecule has 0 unspecified atom stereocenters. The van der Waals surface area contributed by atoms with E-state index >= 15 is 0 Å². The van der Waals surface area contributed by atoms with Crippen molar-refractivity contribution in [1.82, 2.24) is 4.74 Å². The number of aromatic carboxylic acids is 1. The molecule has 0 aliphatic heterocycles. The van der Waals surface area contributed by atoms with Crippen molar-refractivity contribution in [2.75, 3.05) is 0 Å². The van der Waals surface area contributed by atoms with Gasteiger partial charge in [0.25, 0.3) is 0 Å². The van der Waals surface area contributed by atoms with Crippen LogP contribution in [0.1, 0.15) is 38.3 Å². The summed E-state index contributed by atoms with van der Waals surface area (Å²) in [4.78, 5) is 22.8. The van der Waals surface area contributed by atoms with E-state index < -0.39 is 11.6 Å². The van der Waals surface area contributed by atoms with Crippen molar-refractivity contribution in [3.8, 4) is 0 Å². The third-order valence-electron chi connectivity index (χ3n) is 3.45. The summed E-state index contributed by atoms with van der Waals surface area (Å²) in [6.45, 7) is 7.63. The van der Waals surface area contributed by atoms with Crippen LogP contribution in [-0.4, -0.2) is 15.8 Å². The second kappa shape index (κ2) is 5.00. The number of carboxylic acid groups (broad SMARTS) is 1. The van der Waals surface area contributed by atoms with Crippen LogP contribution in [-0.2, 0) is 6.54 Å². The van der Waals surface area contributed by atoms with Gasteiger partial charge in [0.05, 0.1) is 12.1 Å². The van der Waals surface area contributed by atoms with Crippen molar-refractivity contribution in [2.24, 2.45) is 0 Å². The molecule has 2 rings (SSSR count). The molecule has 5 heteroatoms. The zero-order chi connectivity index (χ0) is 15.0. The second-order valence-electron chi connectivity index (χ2n) is 5.07. The third kappa shape index (κ3) is 2.39. The molecule has 1 aromatic carbocycles. The molecule has 0 saturated heterocycles. The van der Waals surface area contributed by atoms with Crippen LogP contribution in [0, 0.1) is 27.7 Å². The average molecular weight is 275 g/mol. The van der Waals surface area contributed by atoms with Gasteiger partial charge in [-0.3, -0.25) is 0 Å². The van der Waals surface area contributed by atoms with Crippen LogP contribution >= 0.6 is 0 Å². The largest absolute Gasteiger partial charge is 0.476 e. The van der Waals surface area contributed by atoms with Gasteiger partial charge in [0.2, 0.25) is 0 Å². The van der Waals surface area contributed by atoms with Crippen LogP contribution in [0.15, 0.2) is 21.5 Å². The van der Waals surface area contributed by atoms with Crippen LogP contribution in [0.4, 0.5) is 0 Å². The summed E-state index contributed by atoms with van der Waals surface area (Å²) in [6, 6.07) is 4.05. The Morgan fingerprint density at radius 2 is 1.75 bits per heavy atom. The van der Waals surface area contributed by atoms with Crippen LogP contribution in [0.3, 0.4) is 0 Å². The molecule has 2 aromatic rings. The normalized spacial score (nSPS) is 10.8. The van der Waals surface area contributed by atoms with E-state index in [9.17, 15) is 14.7 Å². The summed E-state index contributed by atoms with van der Waals surface area (Å²) in [7, 11) is 0. The first-order valence-corrected chi connectivity index (χ1v) is 6.32. The molecule has 0 bridgehead atoms. The summed E-state index contributed by atoms with van der Waals surface area (Å²) < 4.78 is 6.19. The van der Waals surface area contributed by atoms with Gasteiger partial charge in [0.1, 0.15) is 0 Å². The summed E-state index contributed by atoms with van der Waals surface area (Å²) in [6.07, 6.45) is 0. The van der Waals surface area contributed by atoms with Crippen LogP contribution < -0.4 is 5.63 Å². The van der Waals surface area contributed by atoms with Crippen molar-refractivity contribution in [2.45, 2.75) is 34.2 Å². The zero-order valence-corrected chi connectivity index (χ0v) is 12.0. The molecule has 1 heterocycles. The Labute approximate surface area is 116 Å². The molecule has 106 valence electrons. The average Bonchev–Trinajstić information content (AvgIpc) is 2.59. The van der Waals surface area contributed by atoms with Crippen molar-refractivity contribution in [1.29, 1.82) is 0 Å². The molecule has 0 aliphatic rings. The molecule has 1 N–H and O–H groups in total. The first kappa shape index (κ1) is 14.1. The van der Waals surface area contributed by atoms with Crippen LogP contribution in [0.5, 0.6) is 0 Å². The van der Waals surface area contributed by atoms with E-state index in [0.29, 0.717) is 0 Å². The van der Waals surface area contributed by atoms with Crippen molar-refractivity contribution in [3.05, 3.63) is 56.1 Å². The fourth-order valence-electron chi connectivity index (χ4n) is 2.48. The Kier molecular flexibility index (Phi) is 3.53. The van der Waals surface area contributed by atoms with Crippen LogP contribution in [0.25, 0.3) is 0 Å². The Bertz CT molecular complexity index is 714. The van der Waals surface area contributed by atoms with Gasteiger partial charge in [-0.2, -0.15) is 4.74 Å². The quantitative estimate of drug-likeness (QED) is 0.933. The maximum atomic E-state index is 11.5. The highest BCUT2D eigenvalue weighted by atomic mass is 16.5. The number of hydrogen-bond donors (Lipinski definition) is 1. The van der Waals surface area contributed by atoms with E-state index in [2.05, 4.69) is 0 Å². The van der Waals surface area contributed by atoms with E-state index in [0.717, 1.165) is 27.0 Å². The number of aryl methyl sites for hydroxylation is 3. The third-order valence-corrected chi connectivity index (χ3v) is 3.45. The highest BCUT2D eigenvalue weighted by molar-refractivity contribution is 5.87. The van der Waals surface area contributed by atoms with Gasteiger partial charge < -0.3 is 9.63 Å². The molecule has 0 spiro atoms. The van der Waals surface area contributed by atoms with Crippen molar-refractivity contribution in [3.63, 3.8) is 0 Å². The molecule has 0 aliphatic carbocycles. The predicted octanol–water partition coefficient (Wildman–Crippen LogP) is 2.42. The van der Waals surface area contributed by atoms with E-state index in [4.69, 9.17) is 4.52 Å². The number of benzene rings is 1. The summed E-state index contributed by atoms with van der Waals surface area (Å²) in [5.74, 6) is -1.16. The standard InChI is InChI=1S/C15H17NO4/c1-8-5-9(2)12(10(3)6-8)7-16-13(14(17)18)11(4)15(19)20-16/h5-6H,7H2,1-4H3,(H,17,18). The van der Waals surface area contributed by atoms with E-state index in [1.54, 1.807) is 0 Å². The van der Waals surface area contributed by atoms with Gasteiger partial charge in [0.15, 0.2) is 5.69 Å². The lowest BCUT2D eigenvalue weighted by Gasteiger charge is -2.12. The number of hydrogen-bond acceptors (Lipinski definition) is 3. The Balaban J connectivity index is 2.54. The first-order chi connectivity index (χ1) is 9.31. The lowest BCUT2D eigenvalue weighted by atomic mass is 10.00. The minimum absolute atomic E-state index is 0.0885. The van der Waals surface area contributed by atoms with Gasteiger partial charge in [-0.15, -0.1) is 0 Å². The van der Waals surface area contributed by atoms with Gasteiger partial charge in [-0.25, -0.2) is 9.59 Å². The minimum Gasteiger partial charge on any atom is -0.476 e. The molecule has 5 nitrogen and oxygen atoms in total. The molecule has 0 atom stereocenters. The molecule has 0 fully saturated rings. The molecule has 0 saturated carbocycles. The topological polar surface area (TPSA) is 72.4 Å². The van der Waals surface area contributed by atoms with Gasteiger partial charge >= 0.3 is 11.6 Å². The predicted molar refractivity (Wildman–Crippen MR) is 74.4 cm³/mol. The molecule has 1 aromatic heterocycles. The maximum Gasteiger partial charge on any atom is 0.361 e. The van der Waals surface area contributed by atoms with Crippen molar-refractivity contribution < 1.29 is 14.4 Å². The zero-order valence-electron chi connectivity index (χ0n) is 12.0. The lowest BCUT2D eigenvalue weighted by molar-refractivity contribution is 0.0669. The number of aromatic nitrogens is 1. The smallest absolute Gasteiger partial charge is 0.361 e. The molecule has 0 radical (unpaired) electrons. The fourth-order valence-corrected chi connectivity index (χ4v) is 2.48. The van der Waals surface area contributed by atoms with E-state index in [1.807, 2.05) is 32.9 Å². The first-order valence-electron chi connectivity index (χ1n) is 6.32. The van der Waals surface area contributed by atoms with Gasteiger partial charge in [-0.1, -0.05) is 17.7 Å². The Hall–Kier alpha value is -2.30. The van der Waals surface area contributed by atoms with Gasteiger partial charge in [0, 0.05) is 0 Å². The summed E-state index contributed by atoms with van der Waals surface area (Å²) in [5.41, 5.74) is 3.64. The fraction of sp³-hybridized carbons (Fsp3) is 0.333. The number of rotatable bonds is 3.